The molecule has 0 saturated heterocycles. The maximum absolute atomic E-state index is 12.2. The van der Waals surface area contributed by atoms with Crippen LogP contribution in [-0.2, 0) is 17.6 Å². The van der Waals surface area contributed by atoms with Gasteiger partial charge in [-0.15, -0.1) is 0 Å². The smallest absolute Gasteiger partial charge is 0.319 e. The molecule has 2 aromatic carbocycles. The fourth-order valence-electron chi connectivity index (χ4n) is 3.04. The van der Waals surface area contributed by atoms with Gasteiger partial charge in [-0.05, 0) is 35.7 Å². The number of benzene rings is 2. The molecule has 3 rings (SSSR count). The summed E-state index contributed by atoms with van der Waals surface area (Å²) in [4.78, 5) is 26.1. The molecule has 0 aliphatic carbocycles. The number of anilines is 2. The first-order valence-corrected chi connectivity index (χ1v) is 8.28. The van der Waals surface area contributed by atoms with Crippen molar-refractivity contribution in [1.29, 1.82) is 0 Å². The van der Waals surface area contributed by atoms with E-state index in [0.717, 1.165) is 18.5 Å². The summed E-state index contributed by atoms with van der Waals surface area (Å²) in [6, 6.07) is 14.1. The third-order valence-electron chi connectivity index (χ3n) is 4.40. The van der Waals surface area contributed by atoms with E-state index in [-0.39, 0.29) is 0 Å². The fourth-order valence-corrected chi connectivity index (χ4v) is 3.04. The molecule has 3 amide bonds. The number of nitrogens with one attached hydrogen (secondary N) is 2. The van der Waals surface area contributed by atoms with E-state index in [0.29, 0.717) is 12.1 Å². The van der Waals surface area contributed by atoms with E-state index < -0.39 is 18.0 Å². The zero-order valence-corrected chi connectivity index (χ0v) is 14.2. The highest BCUT2D eigenvalue weighted by Crippen LogP contribution is 2.29. The number of likely N-dealkylation sites (N-methyl/N-ethyl adjacent to an activating group) is 1. The number of primary amides is 1. The summed E-state index contributed by atoms with van der Waals surface area (Å²) < 4.78 is 0. The van der Waals surface area contributed by atoms with Crippen LogP contribution in [0.5, 0.6) is 0 Å². The van der Waals surface area contributed by atoms with Gasteiger partial charge >= 0.3 is 6.03 Å². The van der Waals surface area contributed by atoms with Crippen molar-refractivity contribution in [1.82, 2.24) is 5.32 Å². The second-order valence-corrected chi connectivity index (χ2v) is 6.26. The molecule has 2 aromatic rings. The Morgan fingerprint density at radius 2 is 1.96 bits per heavy atom. The Hall–Kier alpha value is -3.02. The van der Waals surface area contributed by atoms with Gasteiger partial charge in [-0.2, -0.15) is 0 Å². The number of carbonyl (C=O) groups is 2. The van der Waals surface area contributed by atoms with Crippen LogP contribution in [0, 0.1) is 0 Å². The summed E-state index contributed by atoms with van der Waals surface area (Å²) in [6.45, 7) is 0.978. The SMILES string of the molecule is CN1CCc2cc(NC(=O)NC(Cc3ccccc3)C(N)=O)ccc21. The molecule has 1 unspecified atom stereocenters. The fraction of sp³-hybridized carbons (Fsp3) is 0.263. The van der Waals surface area contributed by atoms with Crippen molar-refractivity contribution in [3.8, 4) is 0 Å². The molecule has 0 radical (unpaired) electrons. The predicted octanol–water partition coefficient (Wildman–Crippen LogP) is 1.90. The highest BCUT2D eigenvalue weighted by Gasteiger charge is 2.20. The largest absolute Gasteiger partial charge is 0.374 e. The minimum Gasteiger partial charge on any atom is -0.374 e. The zero-order chi connectivity index (χ0) is 17.8. The molecule has 4 N–H and O–H groups in total. The lowest BCUT2D eigenvalue weighted by Crippen LogP contribution is -2.47. The number of urea groups is 1. The summed E-state index contributed by atoms with van der Waals surface area (Å²) in [6.07, 6.45) is 1.32. The second kappa shape index (κ2) is 7.25. The molecule has 1 atom stereocenters. The minimum atomic E-state index is -0.761. The van der Waals surface area contributed by atoms with Gasteiger partial charge in [0.05, 0.1) is 0 Å². The molecule has 1 heterocycles. The first-order chi connectivity index (χ1) is 12.0. The van der Waals surface area contributed by atoms with Crippen LogP contribution in [0.25, 0.3) is 0 Å². The highest BCUT2D eigenvalue weighted by atomic mass is 16.2. The average molecular weight is 338 g/mol. The maximum atomic E-state index is 12.2. The maximum Gasteiger partial charge on any atom is 0.319 e. The number of carbonyl (C=O) groups excluding carboxylic acids is 2. The third kappa shape index (κ3) is 4.09. The van der Waals surface area contributed by atoms with E-state index in [1.807, 2.05) is 55.6 Å². The van der Waals surface area contributed by atoms with Crippen LogP contribution in [0.2, 0.25) is 0 Å². The van der Waals surface area contributed by atoms with Crippen molar-refractivity contribution in [3.05, 3.63) is 59.7 Å². The minimum absolute atomic E-state index is 0.360. The number of hydrogen-bond acceptors (Lipinski definition) is 3. The van der Waals surface area contributed by atoms with Crippen molar-refractivity contribution < 1.29 is 9.59 Å². The Balaban J connectivity index is 1.63. The van der Waals surface area contributed by atoms with Gasteiger partial charge in [0.1, 0.15) is 6.04 Å². The van der Waals surface area contributed by atoms with Gasteiger partial charge in [0.15, 0.2) is 0 Å². The normalized spacial score (nSPS) is 13.9. The summed E-state index contributed by atoms with van der Waals surface area (Å²) >= 11 is 0. The van der Waals surface area contributed by atoms with Crippen molar-refractivity contribution >= 4 is 23.3 Å². The van der Waals surface area contributed by atoms with E-state index in [1.54, 1.807) is 0 Å². The van der Waals surface area contributed by atoms with Gasteiger partial charge < -0.3 is 21.3 Å². The van der Waals surface area contributed by atoms with Crippen LogP contribution >= 0.6 is 0 Å². The standard InChI is InChI=1S/C19H22N4O2/c1-23-10-9-14-12-15(7-8-17(14)23)21-19(25)22-16(18(20)24)11-13-5-3-2-4-6-13/h2-8,12,16H,9-11H2,1H3,(H2,20,24)(H2,21,22,25). The van der Waals surface area contributed by atoms with Crippen molar-refractivity contribution in [2.24, 2.45) is 5.73 Å². The monoisotopic (exact) mass is 338 g/mol. The van der Waals surface area contributed by atoms with Crippen LogP contribution in [-0.4, -0.2) is 31.6 Å². The predicted molar refractivity (Wildman–Crippen MR) is 98.7 cm³/mol. The Morgan fingerprint density at radius 3 is 2.68 bits per heavy atom. The van der Waals surface area contributed by atoms with Crippen molar-refractivity contribution in [2.45, 2.75) is 18.9 Å². The lowest BCUT2D eigenvalue weighted by atomic mass is 10.1. The van der Waals surface area contributed by atoms with E-state index in [9.17, 15) is 9.59 Å². The van der Waals surface area contributed by atoms with Crippen molar-refractivity contribution in [3.63, 3.8) is 0 Å². The molecule has 6 heteroatoms. The summed E-state index contributed by atoms with van der Waals surface area (Å²) in [5.74, 6) is -0.561. The molecule has 6 nitrogen and oxygen atoms in total. The molecule has 0 bridgehead atoms. The lowest BCUT2D eigenvalue weighted by Gasteiger charge is -2.17. The van der Waals surface area contributed by atoms with Gasteiger partial charge in [-0.3, -0.25) is 4.79 Å². The Kier molecular flexibility index (Phi) is 4.88. The molecule has 0 spiro atoms. The molecule has 1 aliphatic rings. The summed E-state index contributed by atoms with van der Waals surface area (Å²) in [5, 5.41) is 5.44. The Morgan fingerprint density at radius 1 is 1.20 bits per heavy atom. The number of hydrogen-bond donors (Lipinski definition) is 3. The topological polar surface area (TPSA) is 87.5 Å². The van der Waals surface area contributed by atoms with E-state index >= 15 is 0 Å². The quantitative estimate of drug-likeness (QED) is 0.778. The zero-order valence-electron chi connectivity index (χ0n) is 14.2. The molecular formula is C19H22N4O2. The van der Waals surface area contributed by atoms with Crippen LogP contribution < -0.4 is 21.3 Å². The average Bonchev–Trinajstić information content (AvgIpc) is 2.95. The van der Waals surface area contributed by atoms with E-state index in [1.165, 1.54) is 11.3 Å². The number of amides is 3. The third-order valence-corrected chi connectivity index (χ3v) is 4.40. The Labute approximate surface area is 147 Å². The van der Waals surface area contributed by atoms with Crippen LogP contribution in [0.4, 0.5) is 16.2 Å². The number of rotatable bonds is 5. The first-order valence-electron chi connectivity index (χ1n) is 8.28. The molecule has 0 saturated carbocycles. The summed E-state index contributed by atoms with van der Waals surface area (Å²) in [7, 11) is 2.05. The van der Waals surface area contributed by atoms with Gasteiger partial charge in [0.25, 0.3) is 0 Å². The molecule has 1 aliphatic heterocycles. The van der Waals surface area contributed by atoms with Crippen LogP contribution in [0.15, 0.2) is 48.5 Å². The van der Waals surface area contributed by atoms with Gasteiger partial charge in [-0.1, -0.05) is 30.3 Å². The lowest BCUT2D eigenvalue weighted by molar-refractivity contribution is -0.119. The highest BCUT2D eigenvalue weighted by molar-refractivity contribution is 5.93. The van der Waals surface area contributed by atoms with Crippen molar-refractivity contribution in [2.75, 3.05) is 23.8 Å². The number of nitrogens with zero attached hydrogens (tertiary/aromatic N) is 1. The number of fused-ring (bicyclic) bond motifs is 1. The summed E-state index contributed by atoms with van der Waals surface area (Å²) in [5.41, 5.74) is 9.46. The van der Waals surface area contributed by atoms with E-state index in [4.69, 9.17) is 5.73 Å². The molecular weight excluding hydrogens is 316 g/mol. The second-order valence-electron chi connectivity index (χ2n) is 6.26. The van der Waals surface area contributed by atoms with Crippen LogP contribution in [0.1, 0.15) is 11.1 Å². The molecule has 0 fully saturated rings. The Bertz CT molecular complexity index is 776. The van der Waals surface area contributed by atoms with Gasteiger partial charge in [-0.25, -0.2) is 4.79 Å². The molecule has 130 valence electrons. The number of nitrogens with two attached hydrogens (primary N) is 1. The molecule has 0 aromatic heterocycles. The van der Waals surface area contributed by atoms with Gasteiger partial charge in [0, 0.05) is 31.4 Å². The van der Waals surface area contributed by atoms with E-state index in [2.05, 4.69) is 15.5 Å². The van der Waals surface area contributed by atoms with Gasteiger partial charge in [0.2, 0.25) is 5.91 Å². The molecule has 25 heavy (non-hydrogen) atoms. The van der Waals surface area contributed by atoms with Crippen LogP contribution in [0.3, 0.4) is 0 Å². The first kappa shape index (κ1) is 16.8.